The number of nitrogens with one attached hydrogen (secondary N) is 3. The van der Waals surface area contributed by atoms with Gasteiger partial charge in [-0.2, -0.15) is 0 Å². The molecule has 0 aliphatic carbocycles. The molecule has 0 spiro atoms. The van der Waals surface area contributed by atoms with Gasteiger partial charge < -0.3 is 10.3 Å². The lowest BCUT2D eigenvalue weighted by molar-refractivity contribution is 0.509. The lowest BCUT2D eigenvalue weighted by atomic mass is 10.1. The third kappa shape index (κ3) is 4.77. The molecule has 152 valence electrons. The minimum absolute atomic E-state index is 0.111. The van der Waals surface area contributed by atoms with Gasteiger partial charge in [0.2, 0.25) is 0 Å². The van der Waals surface area contributed by atoms with Crippen LogP contribution in [0.25, 0.3) is 0 Å². The van der Waals surface area contributed by atoms with E-state index in [1.54, 1.807) is 6.92 Å². The van der Waals surface area contributed by atoms with Crippen molar-refractivity contribution in [1.29, 1.82) is 0 Å². The van der Waals surface area contributed by atoms with E-state index in [0.717, 1.165) is 35.7 Å². The number of sulfonamides is 1. The van der Waals surface area contributed by atoms with Crippen LogP contribution in [0.5, 0.6) is 0 Å². The Balaban J connectivity index is 1.72. The third-order valence-corrected chi connectivity index (χ3v) is 5.53. The van der Waals surface area contributed by atoms with E-state index in [9.17, 15) is 22.0 Å². The Kier molecular flexibility index (Phi) is 5.64. The van der Waals surface area contributed by atoms with E-state index in [1.165, 1.54) is 12.1 Å². The summed E-state index contributed by atoms with van der Waals surface area (Å²) in [5, 5.41) is 2.97. The molecule has 29 heavy (non-hydrogen) atoms. The zero-order valence-electron chi connectivity index (χ0n) is 15.6. The molecule has 3 aromatic rings. The first-order chi connectivity index (χ1) is 13.7. The van der Waals surface area contributed by atoms with Crippen molar-refractivity contribution < 1.29 is 17.2 Å². The average Bonchev–Trinajstić information content (AvgIpc) is 2.64. The quantitative estimate of drug-likeness (QED) is 0.569. The Bertz CT molecular complexity index is 1210. The standard InChI is InChI=1S/C19H18F2N4O3S/c1-11-7-12(2)24-19(26)15(11)10-23-18-6-4-14(9-22-18)29(27,28)25-13-3-5-16(20)17(21)8-13/h3-9,25H,10H2,1-2H3,(H,22,23)(H,24,26). The fraction of sp³-hybridized carbons (Fsp3) is 0.158. The van der Waals surface area contributed by atoms with E-state index in [0.29, 0.717) is 11.4 Å². The number of anilines is 2. The minimum atomic E-state index is -4.03. The second-order valence-corrected chi connectivity index (χ2v) is 8.09. The fourth-order valence-electron chi connectivity index (χ4n) is 2.70. The normalized spacial score (nSPS) is 11.3. The molecule has 3 rings (SSSR count). The molecule has 10 heteroatoms. The van der Waals surface area contributed by atoms with Gasteiger partial charge in [0.25, 0.3) is 15.6 Å². The molecule has 0 amide bonds. The zero-order valence-corrected chi connectivity index (χ0v) is 16.4. The Labute approximate surface area is 165 Å². The summed E-state index contributed by atoms with van der Waals surface area (Å²) in [5.41, 5.74) is 1.82. The number of aromatic amines is 1. The molecule has 0 saturated heterocycles. The van der Waals surface area contributed by atoms with E-state index in [1.807, 2.05) is 13.0 Å². The number of hydrogen-bond donors (Lipinski definition) is 3. The Morgan fingerprint density at radius 1 is 1.07 bits per heavy atom. The van der Waals surface area contributed by atoms with Gasteiger partial charge in [-0.15, -0.1) is 0 Å². The predicted molar refractivity (Wildman–Crippen MR) is 105 cm³/mol. The highest BCUT2D eigenvalue weighted by atomic mass is 32.2. The van der Waals surface area contributed by atoms with Crippen molar-refractivity contribution in [1.82, 2.24) is 9.97 Å². The first-order valence-electron chi connectivity index (χ1n) is 8.53. The number of pyridine rings is 2. The maximum atomic E-state index is 13.3. The van der Waals surface area contributed by atoms with Crippen LogP contribution < -0.4 is 15.6 Å². The molecule has 2 heterocycles. The van der Waals surface area contributed by atoms with Gasteiger partial charge in [-0.05, 0) is 49.7 Å². The fourth-order valence-corrected chi connectivity index (χ4v) is 3.69. The molecule has 7 nitrogen and oxygen atoms in total. The Hall–Kier alpha value is -3.27. The summed E-state index contributed by atoms with van der Waals surface area (Å²) in [6.45, 7) is 3.83. The van der Waals surface area contributed by atoms with E-state index in [2.05, 4.69) is 20.0 Å². The van der Waals surface area contributed by atoms with Crippen LogP contribution in [0.4, 0.5) is 20.3 Å². The molecule has 0 radical (unpaired) electrons. The van der Waals surface area contributed by atoms with E-state index < -0.39 is 21.7 Å². The summed E-state index contributed by atoms with van der Waals surface area (Å²) in [7, 11) is -4.03. The summed E-state index contributed by atoms with van der Waals surface area (Å²) in [4.78, 5) is 18.6. The summed E-state index contributed by atoms with van der Waals surface area (Å²) in [5.74, 6) is -1.87. The number of halogens is 2. The van der Waals surface area contributed by atoms with Crippen LogP contribution >= 0.6 is 0 Å². The van der Waals surface area contributed by atoms with E-state index in [4.69, 9.17) is 0 Å². The number of benzene rings is 1. The van der Waals surface area contributed by atoms with Crippen molar-refractivity contribution in [3.63, 3.8) is 0 Å². The molecule has 0 aliphatic heterocycles. The van der Waals surface area contributed by atoms with Gasteiger partial charge in [-0.3, -0.25) is 9.52 Å². The summed E-state index contributed by atoms with van der Waals surface area (Å²) in [6.07, 6.45) is 1.12. The molecule has 0 fully saturated rings. The molecule has 3 N–H and O–H groups in total. The minimum Gasteiger partial charge on any atom is -0.366 e. The van der Waals surface area contributed by atoms with E-state index >= 15 is 0 Å². The van der Waals surface area contributed by atoms with Crippen LogP contribution in [0.3, 0.4) is 0 Å². The SMILES string of the molecule is Cc1cc(C)c(CNc2ccc(S(=O)(=O)Nc3ccc(F)c(F)c3)cn2)c(=O)[nH]1. The molecule has 0 atom stereocenters. The number of rotatable bonds is 6. The predicted octanol–water partition coefficient (Wildman–Crippen LogP) is 3.08. The maximum Gasteiger partial charge on any atom is 0.263 e. The van der Waals surface area contributed by atoms with Crippen LogP contribution in [0.2, 0.25) is 0 Å². The number of aryl methyl sites for hydroxylation is 2. The van der Waals surface area contributed by atoms with Crippen LogP contribution in [0.1, 0.15) is 16.8 Å². The topological polar surface area (TPSA) is 104 Å². The van der Waals surface area contributed by atoms with Gasteiger partial charge in [0.15, 0.2) is 11.6 Å². The lowest BCUT2D eigenvalue weighted by Gasteiger charge is -2.10. The average molecular weight is 420 g/mol. The van der Waals surface area contributed by atoms with Gasteiger partial charge in [-0.25, -0.2) is 22.2 Å². The van der Waals surface area contributed by atoms with Crippen LogP contribution in [-0.4, -0.2) is 18.4 Å². The highest BCUT2D eigenvalue weighted by molar-refractivity contribution is 7.92. The van der Waals surface area contributed by atoms with Gasteiger partial charge in [0.05, 0.1) is 5.69 Å². The third-order valence-electron chi connectivity index (χ3n) is 4.16. The lowest BCUT2D eigenvalue weighted by Crippen LogP contribution is -2.19. The van der Waals surface area contributed by atoms with Crippen LogP contribution in [0, 0.1) is 25.5 Å². The molecule has 0 bridgehead atoms. The molecular formula is C19H18F2N4O3S. The molecule has 0 aliphatic rings. The van der Waals surface area contributed by atoms with Crippen molar-refractivity contribution in [2.75, 3.05) is 10.0 Å². The Morgan fingerprint density at radius 2 is 1.83 bits per heavy atom. The first kappa shape index (κ1) is 20.5. The van der Waals surface area contributed by atoms with Crippen molar-refractivity contribution in [2.24, 2.45) is 0 Å². The maximum absolute atomic E-state index is 13.3. The molecule has 1 aromatic carbocycles. The number of H-pyrrole nitrogens is 1. The van der Waals surface area contributed by atoms with Gasteiger partial charge >= 0.3 is 0 Å². The number of aromatic nitrogens is 2. The van der Waals surface area contributed by atoms with Crippen molar-refractivity contribution in [3.8, 4) is 0 Å². The van der Waals surface area contributed by atoms with Gasteiger partial charge in [0.1, 0.15) is 10.7 Å². The molecule has 0 saturated carbocycles. The largest absolute Gasteiger partial charge is 0.366 e. The van der Waals surface area contributed by atoms with Crippen molar-refractivity contribution in [2.45, 2.75) is 25.3 Å². The van der Waals surface area contributed by atoms with Gasteiger partial charge in [-0.1, -0.05) is 0 Å². The monoisotopic (exact) mass is 420 g/mol. The molecule has 2 aromatic heterocycles. The van der Waals surface area contributed by atoms with E-state index in [-0.39, 0.29) is 22.7 Å². The molecule has 0 unspecified atom stereocenters. The van der Waals surface area contributed by atoms with Crippen LogP contribution in [0.15, 0.2) is 52.3 Å². The number of nitrogens with zero attached hydrogens (tertiary/aromatic N) is 1. The van der Waals surface area contributed by atoms with Gasteiger partial charge in [0, 0.05) is 30.1 Å². The molecular weight excluding hydrogens is 402 g/mol. The highest BCUT2D eigenvalue weighted by Crippen LogP contribution is 2.19. The van der Waals surface area contributed by atoms with Crippen molar-refractivity contribution >= 4 is 21.5 Å². The van der Waals surface area contributed by atoms with Crippen molar-refractivity contribution in [3.05, 3.63) is 81.4 Å². The highest BCUT2D eigenvalue weighted by Gasteiger charge is 2.16. The number of hydrogen-bond acceptors (Lipinski definition) is 5. The summed E-state index contributed by atoms with van der Waals surface area (Å²) >= 11 is 0. The van der Waals surface area contributed by atoms with Crippen LogP contribution in [-0.2, 0) is 16.6 Å². The summed E-state index contributed by atoms with van der Waals surface area (Å²) < 4.78 is 53.1. The Morgan fingerprint density at radius 3 is 2.45 bits per heavy atom. The second kappa shape index (κ2) is 8.00. The summed E-state index contributed by atoms with van der Waals surface area (Å²) in [6, 6.07) is 7.29. The zero-order chi connectivity index (χ0) is 21.2. The first-order valence-corrected chi connectivity index (χ1v) is 10.0. The smallest absolute Gasteiger partial charge is 0.263 e. The second-order valence-electron chi connectivity index (χ2n) is 6.41.